The van der Waals surface area contributed by atoms with Crippen LogP contribution in [0.5, 0.6) is 0 Å². The number of rotatable bonds is 2. The molecule has 0 aromatic heterocycles. The molecule has 0 bridgehead atoms. The summed E-state index contributed by atoms with van der Waals surface area (Å²) in [6, 6.07) is -0.827. The van der Waals surface area contributed by atoms with Gasteiger partial charge in [0.25, 0.3) is 0 Å². The molecule has 2 aliphatic heterocycles. The van der Waals surface area contributed by atoms with Crippen LogP contribution in [0.15, 0.2) is 0 Å². The Hall–Kier alpha value is -1.83. The standard InChI is InChI=1S/C11H17N3O5/c1-13(8-6-19-5-7(8)10(16)17)11(18)14-3-2-12-9(15)4-14/h7-8H,2-6H2,1H3,(H,12,15)(H,16,17). The second-order valence-corrected chi connectivity index (χ2v) is 4.71. The topological polar surface area (TPSA) is 99.2 Å². The molecular formula is C11H17N3O5. The molecule has 2 aliphatic rings. The highest BCUT2D eigenvalue weighted by molar-refractivity contribution is 5.85. The van der Waals surface area contributed by atoms with Crippen molar-refractivity contribution in [1.29, 1.82) is 0 Å². The van der Waals surface area contributed by atoms with Crippen molar-refractivity contribution >= 4 is 17.9 Å². The van der Waals surface area contributed by atoms with Gasteiger partial charge in [0.15, 0.2) is 0 Å². The lowest BCUT2D eigenvalue weighted by Gasteiger charge is -2.34. The Bertz CT molecular complexity index is 400. The van der Waals surface area contributed by atoms with Crippen molar-refractivity contribution in [2.45, 2.75) is 6.04 Å². The molecule has 0 aliphatic carbocycles. The molecular weight excluding hydrogens is 254 g/mol. The fourth-order valence-corrected chi connectivity index (χ4v) is 2.33. The molecule has 0 aromatic rings. The molecule has 0 aromatic carbocycles. The number of aliphatic carboxylic acids is 1. The van der Waals surface area contributed by atoms with Gasteiger partial charge in [-0.25, -0.2) is 4.79 Å². The van der Waals surface area contributed by atoms with Crippen molar-refractivity contribution in [1.82, 2.24) is 15.1 Å². The number of hydrogen-bond acceptors (Lipinski definition) is 4. The number of piperazine rings is 1. The van der Waals surface area contributed by atoms with Gasteiger partial charge in [0.2, 0.25) is 5.91 Å². The first kappa shape index (κ1) is 13.6. The summed E-state index contributed by atoms with van der Waals surface area (Å²) in [4.78, 5) is 37.3. The van der Waals surface area contributed by atoms with E-state index >= 15 is 0 Å². The first-order chi connectivity index (χ1) is 9.00. The molecule has 2 atom stereocenters. The highest BCUT2D eigenvalue weighted by Crippen LogP contribution is 2.20. The van der Waals surface area contributed by atoms with Crippen LogP contribution in [0, 0.1) is 5.92 Å². The van der Waals surface area contributed by atoms with E-state index in [0.29, 0.717) is 13.1 Å². The minimum atomic E-state index is -0.974. The molecule has 3 amide bonds. The average Bonchev–Trinajstić information content (AvgIpc) is 2.86. The number of ether oxygens (including phenoxy) is 1. The van der Waals surface area contributed by atoms with Crippen LogP contribution >= 0.6 is 0 Å². The maximum Gasteiger partial charge on any atom is 0.320 e. The van der Waals surface area contributed by atoms with Crippen LogP contribution in [0.2, 0.25) is 0 Å². The lowest BCUT2D eigenvalue weighted by atomic mass is 10.0. The highest BCUT2D eigenvalue weighted by Gasteiger charge is 2.40. The molecule has 2 unspecified atom stereocenters. The predicted molar refractivity (Wildman–Crippen MR) is 63.5 cm³/mol. The monoisotopic (exact) mass is 271 g/mol. The quantitative estimate of drug-likeness (QED) is 0.641. The van der Waals surface area contributed by atoms with E-state index < -0.39 is 17.9 Å². The Kier molecular flexibility index (Phi) is 3.89. The lowest BCUT2D eigenvalue weighted by Crippen LogP contribution is -2.56. The van der Waals surface area contributed by atoms with Gasteiger partial charge in [-0.3, -0.25) is 9.59 Å². The van der Waals surface area contributed by atoms with Crippen LogP contribution in [0.1, 0.15) is 0 Å². The Labute approximate surface area is 110 Å². The number of carbonyl (C=O) groups is 3. The number of nitrogens with zero attached hydrogens (tertiary/aromatic N) is 2. The van der Waals surface area contributed by atoms with E-state index in [1.807, 2.05) is 0 Å². The molecule has 0 spiro atoms. The molecule has 2 rings (SSSR count). The van der Waals surface area contributed by atoms with Crippen molar-refractivity contribution in [3.05, 3.63) is 0 Å². The zero-order valence-electron chi connectivity index (χ0n) is 10.7. The number of amides is 3. The van der Waals surface area contributed by atoms with Crippen LogP contribution in [-0.4, -0.2) is 78.8 Å². The zero-order chi connectivity index (χ0) is 14.0. The number of hydrogen-bond donors (Lipinski definition) is 2. The first-order valence-electron chi connectivity index (χ1n) is 6.09. The number of nitrogens with one attached hydrogen (secondary N) is 1. The Morgan fingerprint density at radius 1 is 1.47 bits per heavy atom. The summed E-state index contributed by atoms with van der Waals surface area (Å²) in [5.41, 5.74) is 0. The first-order valence-corrected chi connectivity index (χ1v) is 6.09. The van der Waals surface area contributed by atoms with Crippen molar-refractivity contribution in [2.75, 3.05) is 39.9 Å². The summed E-state index contributed by atoms with van der Waals surface area (Å²) < 4.78 is 5.14. The van der Waals surface area contributed by atoms with Gasteiger partial charge in [-0.05, 0) is 0 Å². The van der Waals surface area contributed by atoms with E-state index in [9.17, 15) is 14.4 Å². The number of urea groups is 1. The normalized spacial score (nSPS) is 27.0. The maximum absolute atomic E-state index is 12.2. The highest BCUT2D eigenvalue weighted by atomic mass is 16.5. The third-order valence-corrected chi connectivity index (χ3v) is 3.48. The van der Waals surface area contributed by atoms with Crippen molar-refractivity contribution in [3.8, 4) is 0 Å². The summed E-state index contributed by atoms with van der Waals surface area (Å²) in [6.07, 6.45) is 0. The minimum Gasteiger partial charge on any atom is -0.481 e. The van der Waals surface area contributed by atoms with E-state index in [1.54, 1.807) is 7.05 Å². The minimum absolute atomic E-state index is 0.00842. The Balaban J connectivity index is 2.02. The molecule has 2 N–H and O–H groups in total. The second-order valence-electron chi connectivity index (χ2n) is 4.71. The number of carboxylic acid groups (broad SMARTS) is 1. The van der Waals surface area contributed by atoms with E-state index in [0.717, 1.165) is 0 Å². The molecule has 2 heterocycles. The van der Waals surface area contributed by atoms with E-state index in [2.05, 4.69) is 5.32 Å². The SMILES string of the molecule is CN(C(=O)N1CCNC(=O)C1)C1COCC1C(=O)O. The lowest BCUT2D eigenvalue weighted by molar-refractivity contribution is -0.142. The average molecular weight is 271 g/mol. The predicted octanol–water partition coefficient (Wildman–Crippen LogP) is -1.43. The van der Waals surface area contributed by atoms with Crippen LogP contribution in [0.3, 0.4) is 0 Å². The third kappa shape index (κ3) is 2.78. The molecule has 8 heteroatoms. The third-order valence-electron chi connectivity index (χ3n) is 3.48. The smallest absolute Gasteiger partial charge is 0.320 e. The second kappa shape index (κ2) is 5.43. The molecule has 106 valence electrons. The van der Waals surface area contributed by atoms with Gasteiger partial charge < -0.3 is 25.0 Å². The molecule has 0 saturated carbocycles. The summed E-state index contributed by atoms with van der Waals surface area (Å²) in [5.74, 6) is -1.89. The zero-order valence-corrected chi connectivity index (χ0v) is 10.7. The van der Waals surface area contributed by atoms with Gasteiger partial charge in [-0.2, -0.15) is 0 Å². The fourth-order valence-electron chi connectivity index (χ4n) is 2.33. The van der Waals surface area contributed by atoms with Crippen molar-refractivity contribution in [3.63, 3.8) is 0 Å². The van der Waals surface area contributed by atoms with Gasteiger partial charge in [-0.15, -0.1) is 0 Å². The molecule has 2 fully saturated rings. The van der Waals surface area contributed by atoms with Crippen molar-refractivity contribution in [2.24, 2.45) is 5.92 Å². The van der Waals surface area contributed by atoms with Gasteiger partial charge in [0.05, 0.1) is 19.3 Å². The van der Waals surface area contributed by atoms with Crippen LogP contribution in [0.4, 0.5) is 4.79 Å². The maximum atomic E-state index is 12.2. The number of carbonyl (C=O) groups excluding carboxylic acids is 2. The number of carboxylic acids is 1. The van der Waals surface area contributed by atoms with Crippen LogP contribution in [0.25, 0.3) is 0 Å². The largest absolute Gasteiger partial charge is 0.481 e. The molecule has 0 radical (unpaired) electrons. The summed E-state index contributed by atoms with van der Waals surface area (Å²) in [5, 5.41) is 11.7. The van der Waals surface area contributed by atoms with Crippen LogP contribution < -0.4 is 5.32 Å². The van der Waals surface area contributed by atoms with Gasteiger partial charge >= 0.3 is 12.0 Å². The van der Waals surface area contributed by atoms with Crippen molar-refractivity contribution < 1.29 is 24.2 Å². The fraction of sp³-hybridized carbons (Fsp3) is 0.727. The Morgan fingerprint density at radius 2 is 2.21 bits per heavy atom. The summed E-state index contributed by atoms with van der Waals surface area (Å²) in [7, 11) is 1.55. The molecule has 8 nitrogen and oxygen atoms in total. The van der Waals surface area contributed by atoms with Crippen LogP contribution in [-0.2, 0) is 14.3 Å². The van der Waals surface area contributed by atoms with Gasteiger partial charge in [0, 0.05) is 20.1 Å². The van der Waals surface area contributed by atoms with Gasteiger partial charge in [0.1, 0.15) is 12.5 Å². The molecule has 19 heavy (non-hydrogen) atoms. The number of likely N-dealkylation sites (N-methyl/N-ethyl adjacent to an activating group) is 1. The van der Waals surface area contributed by atoms with E-state index in [-0.39, 0.29) is 31.7 Å². The summed E-state index contributed by atoms with van der Waals surface area (Å²) >= 11 is 0. The van der Waals surface area contributed by atoms with Gasteiger partial charge in [-0.1, -0.05) is 0 Å². The van der Waals surface area contributed by atoms with E-state index in [1.165, 1.54) is 9.80 Å². The Morgan fingerprint density at radius 3 is 2.84 bits per heavy atom. The summed E-state index contributed by atoms with van der Waals surface area (Å²) in [6.45, 7) is 1.17. The van der Waals surface area contributed by atoms with E-state index in [4.69, 9.17) is 9.84 Å². The molecule has 2 saturated heterocycles.